The maximum atomic E-state index is 12.5. The van der Waals surface area contributed by atoms with E-state index < -0.39 is 29.5 Å². The summed E-state index contributed by atoms with van der Waals surface area (Å²) in [5.74, 6) is 1.82. The van der Waals surface area contributed by atoms with Crippen LogP contribution >= 0.6 is 0 Å². The maximum absolute atomic E-state index is 12.5. The third kappa shape index (κ3) is 10.9. The number of aliphatic imine (C=N–C) groups is 1. The van der Waals surface area contributed by atoms with Crippen LogP contribution in [-0.2, 0) is 17.1 Å². The summed E-state index contributed by atoms with van der Waals surface area (Å²) in [7, 11) is 0. The topological polar surface area (TPSA) is 132 Å². The van der Waals surface area contributed by atoms with Gasteiger partial charge >= 0.3 is 18.4 Å². The van der Waals surface area contributed by atoms with E-state index in [0.717, 1.165) is 65.1 Å². The molecule has 52 heavy (non-hydrogen) atoms. The number of amides is 2. The van der Waals surface area contributed by atoms with Crippen molar-refractivity contribution in [2.24, 2.45) is 4.99 Å². The van der Waals surface area contributed by atoms with Gasteiger partial charge in [0.25, 0.3) is 0 Å². The third-order valence-electron chi connectivity index (χ3n) is 7.07. The summed E-state index contributed by atoms with van der Waals surface area (Å²) in [6.07, 6.45) is -0.292. The highest BCUT2D eigenvalue weighted by Crippen LogP contribution is 2.31. The zero-order chi connectivity index (χ0) is 37.9. The minimum absolute atomic E-state index is 0.156. The van der Waals surface area contributed by atoms with Crippen LogP contribution < -0.4 is 16.4 Å². The second-order valence-electron chi connectivity index (χ2n) is 10.7. The van der Waals surface area contributed by atoms with E-state index in [4.69, 9.17) is 5.73 Å². The summed E-state index contributed by atoms with van der Waals surface area (Å²) in [5, 5.41) is 5.11. The molecular formula is C36H30F6N8O2. The summed E-state index contributed by atoms with van der Waals surface area (Å²) in [6.45, 7) is 3.85. The number of alkyl halides is 6. The van der Waals surface area contributed by atoms with Crippen molar-refractivity contribution in [1.29, 1.82) is 0 Å². The first kappa shape index (κ1) is 38.1. The van der Waals surface area contributed by atoms with Crippen molar-refractivity contribution in [3.63, 3.8) is 0 Å². The fourth-order valence-electron chi connectivity index (χ4n) is 4.46. The number of hydrogen-bond acceptors (Lipinski definition) is 6. The summed E-state index contributed by atoms with van der Waals surface area (Å²) in [4.78, 5) is 33.2. The van der Waals surface area contributed by atoms with Crippen LogP contribution in [0.4, 0.5) is 53.9 Å². The number of nitrogens with one attached hydrogen (secondary N) is 2. The van der Waals surface area contributed by atoms with Gasteiger partial charge in [-0.25, -0.2) is 19.6 Å². The smallest absolute Gasteiger partial charge is 0.399 e. The van der Waals surface area contributed by atoms with Gasteiger partial charge in [0.1, 0.15) is 11.6 Å². The molecule has 0 spiro atoms. The Morgan fingerprint density at radius 1 is 0.654 bits per heavy atom. The highest BCUT2D eigenvalue weighted by Gasteiger charge is 2.30. The molecular weight excluding hydrogens is 690 g/mol. The molecule has 2 heterocycles. The molecule has 0 unspecified atom stereocenters. The number of rotatable bonds is 5. The van der Waals surface area contributed by atoms with Gasteiger partial charge in [-0.3, -0.25) is 0 Å². The number of imidazole rings is 2. The van der Waals surface area contributed by atoms with Crippen molar-refractivity contribution in [2.75, 3.05) is 16.4 Å². The van der Waals surface area contributed by atoms with Gasteiger partial charge in [-0.05, 0) is 111 Å². The van der Waals surface area contributed by atoms with Gasteiger partial charge in [0.2, 0.25) is 6.08 Å². The van der Waals surface area contributed by atoms with E-state index in [0.29, 0.717) is 5.69 Å². The fourth-order valence-corrected chi connectivity index (χ4v) is 4.46. The number of anilines is 3. The predicted molar refractivity (Wildman–Crippen MR) is 184 cm³/mol. The number of carbonyl (C=O) groups is 1. The van der Waals surface area contributed by atoms with Gasteiger partial charge in [-0.15, -0.1) is 0 Å². The molecule has 0 radical (unpaired) electrons. The van der Waals surface area contributed by atoms with Gasteiger partial charge in [-0.1, -0.05) is 0 Å². The van der Waals surface area contributed by atoms with Crippen molar-refractivity contribution < 1.29 is 35.9 Å². The average molecular weight is 721 g/mol. The van der Waals surface area contributed by atoms with E-state index in [2.05, 4.69) is 25.6 Å². The molecule has 0 fully saturated rings. The Hall–Kier alpha value is -6.67. The molecule has 0 aliphatic heterocycles. The van der Waals surface area contributed by atoms with Crippen LogP contribution in [0.5, 0.6) is 0 Å². The number of carbonyl (C=O) groups excluding carboxylic acids is 2. The number of aryl methyl sites for hydroxylation is 2. The number of aromatic nitrogens is 4. The molecule has 4 N–H and O–H groups in total. The van der Waals surface area contributed by atoms with E-state index in [-0.39, 0.29) is 11.4 Å². The highest BCUT2D eigenvalue weighted by molar-refractivity contribution is 5.99. The lowest BCUT2D eigenvalue weighted by Gasteiger charge is -2.10. The average Bonchev–Trinajstić information content (AvgIpc) is 3.73. The molecule has 2 amide bonds. The van der Waals surface area contributed by atoms with Crippen molar-refractivity contribution >= 4 is 34.9 Å². The van der Waals surface area contributed by atoms with Crippen LogP contribution in [0.2, 0.25) is 0 Å². The van der Waals surface area contributed by atoms with Crippen LogP contribution in [0, 0.1) is 13.8 Å². The summed E-state index contributed by atoms with van der Waals surface area (Å²) < 4.78 is 77.5. The largest absolute Gasteiger partial charge is 0.416 e. The minimum atomic E-state index is -4.41. The maximum Gasteiger partial charge on any atom is 0.416 e. The Morgan fingerprint density at radius 2 is 1.04 bits per heavy atom. The van der Waals surface area contributed by atoms with Crippen molar-refractivity contribution in [3.8, 4) is 11.4 Å². The lowest BCUT2D eigenvalue weighted by molar-refractivity contribution is -0.138. The number of isocyanates is 1. The monoisotopic (exact) mass is 720 g/mol. The van der Waals surface area contributed by atoms with E-state index in [1.807, 2.05) is 71.8 Å². The number of benzene rings is 4. The van der Waals surface area contributed by atoms with Gasteiger partial charge < -0.3 is 25.5 Å². The highest BCUT2D eigenvalue weighted by atomic mass is 19.4. The first-order chi connectivity index (χ1) is 24.6. The van der Waals surface area contributed by atoms with Crippen LogP contribution in [0.1, 0.15) is 22.8 Å². The SMILES string of the molecule is Cc1nccn1-c1ccc(N)cc1.Cc1nccn1-c1ccc(NC(=O)Nc2ccc(C(F)(F)F)cc2)cc1.O=C=Nc1ccc(C(F)(F)F)cc1. The lowest BCUT2D eigenvalue weighted by Crippen LogP contribution is -2.19. The number of halogens is 6. The van der Waals surface area contributed by atoms with Gasteiger partial charge in [-0.2, -0.15) is 31.3 Å². The van der Waals surface area contributed by atoms with Crippen LogP contribution in [-0.4, -0.2) is 31.2 Å². The van der Waals surface area contributed by atoms with Crippen LogP contribution in [0.25, 0.3) is 11.4 Å². The molecule has 6 aromatic rings. The van der Waals surface area contributed by atoms with Gasteiger partial charge in [0.15, 0.2) is 0 Å². The van der Waals surface area contributed by atoms with Gasteiger partial charge in [0.05, 0.1) is 16.8 Å². The van der Waals surface area contributed by atoms with Crippen molar-refractivity contribution in [3.05, 3.63) is 145 Å². The second kappa shape index (κ2) is 16.8. The number of hydrogen-bond donors (Lipinski definition) is 3. The molecule has 2 aromatic heterocycles. The van der Waals surface area contributed by atoms with E-state index in [1.54, 1.807) is 24.5 Å². The summed E-state index contributed by atoms with van der Waals surface area (Å²) >= 11 is 0. The van der Waals surface area contributed by atoms with Crippen LogP contribution in [0.3, 0.4) is 0 Å². The van der Waals surface area contributed by atoms with Crippen molar-refractivity contribution in [1.82, 2.24) is 19.1 Å². The molecule has 0 bridgehead atoms. The number of urea groups is 1. The number of nitrogen functional groups attached to an aromatic ring is 1. The summed E-state index contributed by atoms with van der Waals surface area (Å²) in [6, 6.07) is 22.4. The Balaban J connectivity index is 0.000000195. The molecule has 4 aromatic carbocycles. The molecule has 10 nitrogen and oxygen atoms in total. The third-order valence-corrected chi connectivity index (χ3v) is 7.07. The second-order valence-corrected chi connectivity index (χ2v) is 10.7. The Labute approximate surface area is 293 Å². The minimum Gasteiger partial charge on any atom is -0.399 e. The molecule has 268 valence electrons. The lowest BCUT2D eigenvalue weighted by atomic mass is 10.2. The Morgan fingerprint density at radius 3 is 1.40 bits per heavy atom. The van der Waals surface area contributed by atoms with Gasteiger partial charge in [0, 0.05) is 53.2 Å². The predicted octanol–water partition coefficient (Wildman–Crippen LogP) is 9.28. The van der Waals surface area contributed by atoms with E-state index in [1.165, 1.54) is 18.2 Å². The molecule has 0 saturated carbocycles. The quantitative estimate of drug-likeness (QED) is 0.0707. The zero-order valence-corrected chi connectivity index (χ0v) is 27.4. The molecule has 0 saturated heterocycles. The Bertz CT molecular complexity index is 2100. The fraction of sp³-hybridized carbons (Fsp3) is 0.111. The molecule has 6 rings (SSSR count). The van der Waals surface area contributed by atoms with E-state index >= 15 is 0 Å². The molecule has 0 atom stereocenters. The molecule has 0 aliphatic rings. The Kier molecular flexibility index (Phi) is 12.3. The number of nitrogens with two attached hydrogens (primary N) is 1. The standard InChI is InChI=1S/C18H15F3N4O.C10H11N3.C8H4F3NO/c1-12-22-10-11-25(12)16-8-6-15(7-9-16)24-17(26)23-14-4-2-13(3-5-14)18(19,20)21;1-8-12-6-7-13(8)10-4-2-9(11)3-5-10;9-8(10,11)6-1-3-7(4-2-6)12-5-13/h2-11H,1H3,(H2,23,24,26);2-7H,11H2,1H3;1-4H. The molecule has 16 heteroatoms. The number of nitrogens with zero attached hydrogens (tertiary/aromatic N) is 5. The van der Waals surface area contributed by atoms with Crippen LogP contribution in [0.15, 0.2) is 127 Å². The van der Waals surface area contributed by atoms with Crippen molar-refractivity contribution in [2.45, 2.75) is 26.2 Å². The zero-order valence-electron chi connectivity index (χ0n) is 27.4. The first-order valence-electron chi connectivity index (χ1n) is 15.1. The normalized spacial score (nSPS) is 10.8. The first-order valence-corrected chi connectivity index (χ1v) is 15.1. The van der Waals surface area contributed by atoms with E-state index in [9.17, 15) is 35.9 Å². The summed E-state index contributed by atoms with van der Waals surface area (Å²) in [5.41, 5.74) is 7.79. The molecule has 0 aliphatic carbocycles.